The van der Waals surface area contributed by atoms with Gasteiger partial charge in [-0.25, -0.2) is 9.97 Å². The molecule has 0 bridgehead atoms. The molecule has 1 aromatic carbocycles. The zero-order valence-corrected chi connectivity index (χ0v) is 15.5. The molecule has 1 fully saturated rings. The van der Waals surface area contributed by atoms with Gasteiger partial charge in [-0.05, 0) is 49.5 Å². The number of rotatable bonds is 4. The molecule has 1 amide bonds. The lowest BCUT2D eigenvalue weighted by Gasteiger charge is -2.30. The van der Waals surface area contributed by atoms with Gasteiger partial charge in [0.2, 0.25) is 0 Å². The lowest BCUT2D eigenvalue weighted by atomic mass is 9.99. The monoisotopic (exact) mass is 367 g/mol. The van der Waals surface area contributed by atoms with E-state index in [-0.39, 0.29) is 11.6 Å². The second kappa shape index (κ2) is 7.47. The number of likely N-dealkylation sites (tertiary alicyclic amines) is 1. The molecule has 2 aromatic heterocycles. The number of fused-ring (bicyclic) bond motifs is 1. The molecular formula is C19H21N5OS. The summed E-state index contributed by atoms with van der Waals surface area (Å²) in [7, 11) is 0. The molecule has 134 valence electrons. The van der Waals surface area contributed by atoms with Gasteiger partial charge >= 0.3 is 0 Å². The molecule has 0 aliphatic carbocycles. The SMILES string of the molecule is CC1CCN(Cc2ccc3nc(NC(=O)c4cnccn4)sc3c2)CC1. The van der Waals surface area contributed by atoms with Crippen molar-refractivity contribution >= 4 is 32.6 Å². The van der Waals surface area contributed by atoms with Gasteiger partial charge in [0.15, 0.2) is 5.13 Å². The van der Waals surface area contributed by atoms with Crippen LogP contribution in [0.5, 0.6) is 0 Å². The molecule has 3 aromatic rings. The van der Waals surface area contributed by atoms with E-state index in [0.717, 1.165) is 22.7 Å². The normalized spacial score (nSPS) is 16.0. The Kier molecular flexibility index (Phi) is 4.90. The van der Waals surface area contributed by atoms with E-state index < -0.39 is 0 Å². The Morgan fingerprint density at radius 2 is 2.15 bits per heavy atom. The smallest absolute Gasteiger partial charge is 0.277 e. The first kappa shape index (κ1) is 17.1. The zero-order valence-electron chi connectivity index (χ0n) is 14.7. The molecule has 0 saturated carbocycles. The lowest BCUT2D eigenvalue weighted by molar-refractivity contribution is 0.102. The summed E-state index contributed by atoms with van der Waals surface area (Å²) in [6.45, 7) is 5.64. The second-order valence-electron chi connectivity index (χ2n) is 6.82. The molecule has 0 unspecified atom stereocenters. The van der Waals surface area contributed by atoms with Crippen molar-refractivity contribution in [1.29, 1.82) is 0 Å². The first-order valence-corrected chi connectivity index (χ1v) is 9.68. The predicted molar refractivity (Wildman–Crippen MR) is 103 cm³/mol. The number of amides is 1. The van der Waals surface area contributed by atoms with Crippen molar-refractivity contribution < 1.29 is 4.79 Å². The van der Waals surface area contributed by atoms with E-state index in [1.54, 1.807) is 6.20 Å². The molecule has 0 spiro atoms. The van der Waals surface area contributed by atoms with Crippen molar-refractivity contribution in [2.24, 2.45) is 5.92 Å². The number of aromatic nitrogens is 3. The molecule has 4 rings (SSSR count). The summed E-state index contributed by atoms with van der Waals surface area (Å²) in [5, 5.41) is 3.39. The molecule has 1 aliphatic rings. The Balaban J connectivity index is 1.46. The minimum Gasteiger partial charge on any atom is -0.299 e. The third-order valence-electron chi connectivity index (χ3n) is 4.75. The summed E-state index contributed by atoms with van der Waals surface area (Å²) < 4.78 is 1.09. The first-order chi connectivity index (χ1) is 12.7. The summed E-state index contributed by atoms with van der Waals surface area (Å²) >= 11 is 1.49. The number of anilines is 1. The van der Waals surface area contributed by atoms with Gasteiger partial charge in [0, 0.05) is 18.9 Å². The largest absolute Gasteiger partial charge is 0.299 e. The number of thiazole rings is 1. The van der Waals surface area contributed by atoms with Crippen LogP contribution in [0.25, 0.3) is 10.2 Å². The van der Waals surface area contributed by atoms with Gasteiger partial charge in [-0.3, -0.25) is 20.0 Å². The topological polar surface area (TPSA) is 71.0 Å². The number of nitrogens with one attached hydrogen (secondary N) is 1. The molecule has 7 heteroatoms. The van der Waals surface area contributed by atoms with Gasteiger partial charge in [0.25, 0.3) is 5.91 Å². The highest BCUT2D eigenvalue weighted by Crippen LogP contribution is 2.28. The van der Waals surface area contributed by atoms with E-state index in [1.165, 1.54) is 55.2 Å². The van der Waals surface area contributed by atoms with Crippen LogP contribution in [0.1, 0.15) is 35.8 Å². The van der Waals surface area contributed by atoms with Crippen molar-refractivity contribution in [3.05, 3.63) is 48.0 Å². The van der Waals surface area contributed by atoms with Crippen molar-refractivity contribution in [2.75, 3.05) is 18.4 Å². The highest BCUT2D eigenvalue weighted by atomic mass is 32.1. The first-order valence-electron chi connectivity index (χ1n) is 8.86. The number of benzene rings is 1. The molecular weight excluding hydrogens is 346 g/mol. The Morgan fingerprint density at radius 3 is 2.92 bits per heavy atom. The van der Waals surface area contributed by atoms with Crippen LogP contribution < -0.4 is 5.32 Å². The van der Waals surface area contributed by atoms with Crippen LogP contribution in [0.2, 0.25) is 0 Å². The van der Waals surface area contributed by atoms with E-state index in [2.05, 4.69) is 44.2 Å². The fraction of sp³-hybridized carbons (Fsp3) is 0.368. The van der Waals surface area contributed by atoms with Crippen LogP contribution in [-0.4, -0.2) is 38.8 Å². The molecule has 0 radical (unpaired) electrons. The second-order valence-corrected chi connectivity index (χ2v) is 7.86. The quantitative estimate of drug-likeness (QED) is 0.763. The lowest BCUT2D eigenvalue weighted by Crippen LogP contribution is -2.32. The van der Waals surface area contributed by atoms with Crippen molar-refractivity contribution in [2.45, 2.75) is 26.3 Å². The molecule has 0 atom stereocenters. The third-order valence-corrected chi connectivity index (χ3v) is 5.69. The van der Waals surface area contributed by atoms with Crippen LogP contribution in [0, 0.1) is 5.92 Å². The summed E-state index contributed by atoms with van der Waals surface area (Å²) in [6.07, 6.45) is 7.04. The van der Waals surface area contributed by atoms with Crippen LogP contribution in [-0.2, 0) is 6.54 Å². The highest BCUT2D eigenvalue weighted by Gasteiger charge is 2.16. The Morgan fingerprint density at radius 1 is 1.31 bits per heavy atom. The fourth-order valence-electron chi connectivity index (χ4n) is 3.18. The summed E-state index contributed by atoms with van der Waals surface area (Å²) in [5.74, 6) is 0.551. The van der Waals surface area contributed by atoms with E-state index in [4.69, 9.17) is 0 Å². The molecule has 1 N–H and O–H groups in total. The van der Waals surface area contributed by atoms with E-state index >= 15 is 0 Å². The summed E-state index contributed by atoms with van der Waals surface area (Å²) in [4.78, 5) is 27.1. The van der Waals surface area contributed by atoms with Gasteiger partial charge in [0.05, 0.1) is 16.4 Å². The van der Waals surface area contributed by atoms with Crippen molar-refractivity contribution in [3.63, 3.8) is 0 Å². The summed E-state index contributed by atoms with van der Waals surface area (Å²) in [5.41, 5.74) is 2.48. The number of carbonyl (C=O) groups is 1. The molecule has 1 saturated heterocycles. The molecule has 1 aliphatic heterocycles. The van der Waals surface area contributed by atoms with Gasteiger partial charge in [-0.2, -0.15) is 0 Å². The van der Waals surface area contributed by atoms with E-state index in [0.29, 0.717) is 5.13 Å². The van der Waals surface area contributed by atoms with Crippen LogP contribution >= 0.6 is 11.3 Å². The Hall–Kier alpha value is -2.38. The average Bonchev–Trinajstić information content (AvgIpc) is 3.06. The number of piperidine rings is 1. The Bertz CT molecular complexity index is 903. The van der Waals surface area contributed by atoms with Gasteiger partial charge in [-0.1, -0.05) is 24.3 Å². The van der Waals surface area contributed by atoms with E-state index in [9.17, 15) is 4.79 Å². The average molecular weight is 367 g/mol. The highest BCUT2D eigenvalue weighted by molar-refractivity contribution is 7.22. The zero-order chi connectivity index (χ0) is 17.9. The summed E-state index contributed by atoms with van der Waals surface area (Å²) in [6, 6.07) is 6.35. The van der Waals surface area contributed by atoms with Gasteiger partial charge < -0.3 is 0 Å². The van der Waals surface area contributed by atoms with Crippen LogP contribution in [0.4, 0.5) is 5.13 Å². The fourth-order valence-corrected chi connectivity index (χ4v) is 4.10. The van der Waals surface area contributed by atoms with Gasteiger partial charge in [0.1, 0.15) is 5.69 Å². The minimum absolute atomic E-state index is 0.284. The van der Waals surface area contributed by atoms with Gasteiger partial charge in [-0.15, -0.1) is 0 Å². The molecule has 6 nitrogen and oxygen atoms in total. The number of hydrogen-bond acceptors (Lipinski definition) is 6. The maximum absolute atomic E-state index is 12.2. The molecule has 26 heavy (non-hydrogen) atoms. The molecule has 3 heterocycles. The van der Waals surface area contributed by atoms with Crippen molar-refractivity contribution in [1.82, 2.24) is 19.9 Å². The van der Waals surface area contributed by atoms with Crippen LogP contribution in [0.15, 0.2) is 36.8 Å². The van der Waals surface area contributed by atoms with E-state index in [1.807, 2.05) is 6.07 Å². The Labute approximate surface area is 156 Å². The van der Waals surface area contributed by atoms with Crippen LogP contribution in [0.3, 0.4) is 0 Å². The maximum Gasteiger partial charge on any atom is 0.277 e. The standard InChI is InChI=1S/C19H21N5OS/c1-13-4-8-24(9-5-13)12-14-2-3-15-17(10-14)26-19(22-15)23-18(25)16-11-20-6-7-21-16/h2-3,6-7,10-11,13H,4-5,8-9,12H2,1H3,(H,22,23,25). The minimum atomic E-state index is -0.292. The maximum atomic E-state index is 12.2. The third kappa shape index (κ3) is 3.89. The number of hydrogen-bond donors (Lipinski definition) is 1. The number of nitrogens with zero attached hydrogens (tertiary/aromatic N) is 4. The number of carbonyl (C=O) groups excluding carboxylic acids is 1. The predicted octanol–water partition coefficient (Wildman–Crippen LogP) is 3.57. The van der Waals surface area contributed by atoms with Crippen molar-refractivity contribution in [3.8, 4) is 0 Å².